The lowest BCUT2D eigenvalue weighted by molar-refractivity contribution is -0.130. The molecule has 5 heteroatoms. The Balaban J connectivity index is 1.73. The van der Waals surface area contributed by atoms with Crippen molar-refractivity contribution in [3.63, 3.8) is 0 Å². The van der Waals surface area contributed by atoms with Crippen molar-refractivity contribution in [3.05, 3.63) is 59.7 Å². The summed E-state index contributed by atoms with van der Waals surface area (Å²) >= 11 is 0. The Morgan fingerprint density at radius 1 is 1.04 bits per heavy atom. The second-order valence-electron chi connectivity index (χ2n) is 6.46. The predicted octanol–water partition coefficient (Wildman–Crippen LogP) is 2.82. The number of hydrogen-bond acceptors (Lipinski definition) is 3. The van der Waals surface area contributed by atoms with Crippen LogP contribution in [0.3, 0.4) is 0 Å². The Bertz CT molecular complexity index is 858. The fourth-order valence-corrected chi connectivity index (χ4v) is 3.69. The van der Waals surface area contributed by atoms with Gasteiger partial charge < -0.3 is 4.90 Å². The van der Waals surface area contributed by atoms with E-state index in [0.29, 0.717) is 18.6 Å². The van der Waals surface area contributed by atoms with Crippen molar-refractivity contribution in [3.8, 4) is 11.1 Å². The van der Waals surface area contributed by atoms with E-state index in [-0.39, 0.29) is 17.9 Å². The quantitative estimate of drug-likeness (QED) is 0.848. The van der Waals surface area contributed by atoms with Gasteiger partial charge in [0.1, 0.15) is 5.71 Å². The van der Waals surface area contributed by atoms with Gasteiger partial charge >= 0.3 is 0 Å². The van der Waals surface area contributed by atoms with Gasteiger partial charge in [0.05, 0.1) is 6.04 Å². The smallest absolute Gasteiger partial charge is 0.270 e. The topological polar surface area (TPSA) is 53.0 Å². The van der Waals surface area contributed by atoms with Crippen LogP contribution in [0.1, 0.15) is 30.0 Å². The van der Waals surface area contributed by atoms with Crippen LogP contribution in [0.25, 0.3) is 11.1 Å². The van der Waals surface area contributed by atoms with Gasteiger partial charge in [-0.2, -0.15) is 5.10 Å². The van der Waals surface area contributed by atoms with Gasteiger partial charge in [0, 0.05) is 26.9 Å². The van der Waals surface area contributed by atoms with E-state index >= 15 is 0 Å². The molecule has 2 aromatic rings. The Hall–Kier alpha value is -2.95. The fraction of sp³-hybridized carbons (Fsp3) is 0.250. The van der Waals surface area contributed by atoms with Crippen molar-refractivity contribution in [1.29, 1.82) is 0 Å². The first-order valence-corrected chi connectivity index (χ1v) is 8.37. The molecule has 0 N–H and O–H groups in total. The normalized spacial score (nSPS) is 16.3. The zero-order chi connectivity index (χ0) is 17.6. The van der Waals surface area contributed by atoms with Crippen molar-refractivity contribution in [2.45, 2.75) is 18.9 Å². The maximum Gasteiger partial charge on any atom is 0.270 e. The summed E-state index contributed by atoms with van der Waals surface area (Å²) in [5, 5.41) is 5.44. The van der Waals surface area contributed by atoms with Crippen LogP contribution in [0.15, 0.2) is 53.6 Å². The van der Waals surface area contributed by atoms with Crippen LogP contribution in [-0.2, 0) is 9.59 Å². The first kappa shape index (κ1) is 15.6. The third kappa shape index (κ3) is 2.43. The number of rotatable bonds is 2. The van der Waals surface area contributed by atoms with Gasteiger partial charge in [0.25, 0.3) is 5.91 Å². The SMILES string of the molecule is CN1N=C(C(=O)N(C)C2c3ccccc3-c3ccccc32)CCC1=O. The minimum atomic E-state index is -0.134. The lowest BCUT2D eigenvalue weighted by Gasteiger charge is -2.28. The molecule has 1 aliphatic heterocycles. The first-order valence-electron chi connectivity index (χ1n) is 8.37. The highest BCUT2D eigenvalue weighted by molar-refractivity contribution is 6.39. The number of hydrogen-bond donors (Lipinski definition) is 0. The summed E-state index contributed by atoms with van der Waals surface area (Å²) in [4.78, 5) is 26.4. The number of nitrogens with zero attached hydrogens (tertiary/aromatic N) is 3. The number of amides is 2. The predicted molar refractivity (Wildman–Crippen MR) is 95.9 cm³/mol. The maximum absolute atomic E-state index is 13.0. The monoisotopic (exact) mass is 333 g/mol. The zero-order valence-corrected chi connectivity index (χ0v) is 14.3. The maximum atomic E-state index is 13.0. The number of hydrazone groups is 1. The minimum absolute atomic E-state index is 0.0595. The number of fused-ring (bicyclic) bond motifs is 3. The number of carbonyl (C=O) groups excluding carboxylic acids is 2. The molecule has 0 bridgehead atoms. The highest BCUT2D eigenvalue weighted by Crippen LogP contribution is 2.45. The minimum Gasteiger partial charge on any atom is -0.329 e. The van der Waals surface area contributed by atoms with Gasteiger partial charge in [-0.05, 0) is 22.3 Å². The van der Waals surface area contributed by atoms with Crippen molar-refractivity contribution >= 4 is 17.5 Å². The molecule has 0 atom stereocenters. The van der Waals surface area contributed by atoms with E-state index in [4.69, 9.17) is 0 Å². The van der Waals surface area contributed by atoms with Gasteiger partial charge in [0.15, 0.2) is 0 Å². The number of carbonyl (C=O) groups is 2. The molecule has 5 nitrogen and oxygen atoms in total. The summed E-state index contributed by atoms with van der Waals surface area (Å²) < 4.78 is 0. The standard InChI is InChI=1S/C20H19N3O2/c1-22(20(25)17-11-12-18(24)23(2)21-17)19-15-9-5-3-7-13(15)14-8-4-6-10-16(14)19/h3-10,19H,11-12H2,1-2H3. The summed E-state index contributed by atoms with van der Waals surface area (Å²) in [7, 11) is 3.40. The van der Waals surface area contributed by atoms with Crippen LogP contribution >= 0.6 is 0 Å². The van der Waals surface area contributed by atoms with Gasteiger partial charge in [-0.3, -0.25) is 9.59 Å². The molecule has 0 spiro atoms. The molecule has 126 valence electrons. The summed E-state index contributed by atoms with van der Waals surface area (Å²) in [6, 6.07) is 16.2. The van der Waals surface area contributed by atoms with E-state index < -0.39 is 0 Å². The largest absolute Gasteiger partial charge is 0.329 e. The molecular weight excluding hydrogens is 314 g/mol. The van der Waals surface area contributed by atoms with Crippen molar-refractivity contribution in [1.82, 2.24) is 9.91 Å². The molecule has 0 fully saturated rings. The Morgan fingerprint density at radius 2 is 1.60 bits per heavy atom. The average Bonchev–Trinajstić information content (AvgIpc) is 2.97. The Morgan fingerprint density at radius 3 is 2.16 bits per heavy atom. The lowest BCUT2D eigenvalue weighted by atomic mass is 10.0. The summed E-state index contributed by atoms with van der Waals surface area (Å²) in [6.07, 6.45) is 0.717. The molecule has 0 unspecified atom stereocenters. The second-order valence-corrected chi connectivity index (χ2v) is 6.46. The van der Waals surface area contributed by atoms with E-state index in [1.165, 1.54) is 16.1 Å². The molecule has 0 saturated heterocycles. The fourth-order valence-electron chi connectivity index (χ4n) is 3.69. The van der Waals surface area contributed by atoms with Crippen molar-refractivity contribution < 1.29 is 9.59 Å². The molecule has 0 saturated carbocycles. The summed E-state index contributed by atoms with van der Waals surface area (Å²) in [6.45, 7) is 0. The molecule has 1 heterocycles. The van der Waals surface area contributed by atoms with Crippen LogP contribution in [0, 0.1) is 0 Å². The van der Waals surface area contributed by atoms with E-state index in [9.17, 15) is 9.59 Å². The molecule has 4 rings (SSSR count). The Labute approximate surface area is 146 Å². The highest BCUT2D eigenvalue weighted by atomic mass is 16.2. The van der Waals surface area contributed by atoms with Crippen LogP contribution in [0.4, 0.5) is 0 Å². The van der Waals surface area contributed by atoms with Gasteiger partial charge in [-0.1, -0.05) is 48.5 Å². The molecule has 1 aliphatic carbocycles. The summed E-state index contributed by atoms with van der Waals surface area (Å²) in [5.74, 6) is -0.188. The molecule has 25 heavy (non-hydrogen) atoms. The van der Waals surface area contributed by atoms with Gasteiger partial charge in [-0.15, -0.1) is 0 Å². The second kappa shape index (κ2) is 5.84. The van der Waals surface area contributed by atoms with E-state index in [1.807, 2.05) is 31.3 Å². The van der Waals surface area contributed by atoms with E-state index in [0.717, 1.165) is 11.1 Å². The van der Waals surface area contributed by atoms with Gasteiger partial charge in [0.2, 0.25) is 5.91 Å². The molecule has 2 amide bonds. The zero-order valence-electron chi connectivity index (χ0n) is 14.3. The molecule has 2 aliphatic rings. The average molecular weight is 333 g/mol. The molecule has 0 radical (unpaired) electrons. The Kier molecular flexibility index (Phi) is 3.64. The van der Waals surface area contributed by atoms with Crippen LogP contribution in [0.5, 0.6) is 0 Å². The number of benzene rings is 2. The van der Waals surface area contributed by atoms with Crippen molar-refractivity contribution in [2.75, 3.05) is 14.1 Å². The third-order valence-electron chi connectivity index (χ3n) is 4.96. The summed E-state index contributed by atoms with van der Waals surface area (Å²) in [5.41, 5.74) is 5.02. The van der Waals surface area contributed by atoms with E-state index in [2.05, 4.69) is 29.4 Å². The lowest BCUT2D eigenvalue weighted by Crippen LogP contribution is -2.40. The van der Waals surface area contributed by atoms with Crippen LogP contribution < -0.4 is 0 Å². The van der Waals surface area contributed by atoms with Crippen LogP contribution in [-0.4, -0.2) is 41.5 Å². The van der Waals surface area contributed by atoms with Crippen LogP contribution in [0.2, 0.25) is 0 Å². The molecule has 0 aromatic heterocycles. The first-order chi connectivity index (χ1) is 12.1. The molecule has 2 aromatic carbocycles. The molecular formula is C20H19N3O2. The highest BCUT2D eigenvalue weighted by Gasteiger charge is 2.35. The van der Waals surface area contributed by atoms with Crippen molar-refractivity contribution in [2.24, 2.45) is 5.10 Å². The third-order valence-corrected chi connectivity index (χ3v) is 4.96. The van der Waals surface area contributed by atoms with Gasteiger partial charge in [-0.25, -0.2) is 5.01 Å². The van der Waals surface area contributed by atoms with E-state index in [1.54, 1.807) is 11.9 Å².